The van der Waals surface area contributed by atoms with E-state index in [2.05, 4.69) is 27.5 Å². The third kappa shape index (κ3) is 2.01. The molecule has 2 heterocycles. The highest BCUT2D eigenvalue weighted by molar-refractivity contribution is 6.05. The molecular formula is C11H9N3O2. The van der Waals surface area contributed by atoms with Crippen molar-refractivity contribution in [3.05, 3.63) is 29.6 Å². The zero-order valence-electron chi connectivity index (χ0n) is 8.57. The van der Waals surface area contributed by atoms with E-state index in [0.29, 0.717) is 0 Å². The Hall–Kier alpha value is -2.35. The molecule has 2 rings (SSSR count). The molecule has 1 atom stereocenters. The van der Waals surface area contributed by atoms with Crippen LogP contribution in [-0.2, 0) is 4.79 Å². The summed E-state index contributed by atoms with van der Waals surface area (Å²) in [7, 11) is 0. The molecule has 0 bridgehead atoms. The zero-order valence-corrected chi connectivity index (χ0v) is 8.57. The van der Waals surface area contributed by atoms with Crippen LogP contribution in [0.2, 0.25) is 0 Å². The van der Waals surface area contributed by atoms with E-state index in [0.717, 1.165) is 11.3 Å². The highest BCUT2D eigenvalue weighted by Gasteiger charge is 2.27. The summed E-state index contributed by atoms with van der Waals surface area (Å²) in [6.45, 7) is 1.83. The van der Waals surface area contributed by atoms with Crippen molar-refractivity contribution in [1.29, 1.82) is 0 Å². The van der Waals surface area contributed by atoms with Crippen LogP contribution in [0, 0.1) is 18.8 Å². The van der Waals surface area contributed by atoms with Gasteiger partial charge in [0.05, 0.1) is 5.69 Å². The summed E-state index contributed by atoms with van der Waals surface area (Å²) >= 11 is 0. The second-order valence-corrected chi connectivity index (χ2v) is 3.30. The minimum atomic E-state index is -0.771. The maximum Gasteiger partial charge on any atom is 0.322 e. The first-order valence-corrected chi connectivity index (χ1v) is 4.71. The lowest BCUT2D eigenvalue weighted by atomic mass is 10.2. The van der Waals surface area contributed by atoms with Gasteiger partial charge in [0.25, 0.3) is 5.91 Å². The average Bonchev–Trinajstić information content (AvgIpc) is 2.56. The van der Waals surface area contributed by atoms with Crippen molar-refractivity contribution in [3.63, 3.8) is 0 Å². The molecule has 0 radical (unpaired) electrons. The quantitative estimate of drug-likeness (QED) is 0.471. The number of nitrogens with one attached hydrogen (secondary N) is 2. The fourth-order valence-corrected chi connectivity index (χ4v) is 1.28. The van der Waals surface area contributed by atoms with Gasteiger partial charge in [-0.1, -0.05) is 11.8 Å². The molecule has 0 saturated carbocycles. The largest absolute Gasteiger partial charge is 0.322 e. The smallest absolute Gasteiger partial charge is 0.316 e. The van der Waals surface area contributed by atoms with E-state index >= 15 is 0 Å². The van der Waals surface area contributed by atoms with Crippen molar-refractivity contribution < 1.29 is 9.59 Å². The molecule has 80 valence electrons. The molecule has 1 fully saturated rings. The Kier molecular flexibility index (Phi) is 2.56. The van der Waals surface area contributed by atoms with Gasteiger partial charge in [-0.2, -0.15) is 0 Å². The van der Waals surface area contributed by atoms with Crippen LogP contribution in [0.3, 0.4) is 0 Å². The number of hydrogen-bond acceptors (Lipinski definition) is 3. The van der Waals surface area contributed by atoms with Gasteiger partial charge in [0, 0.05) is 11.8 Å². The molecule has 5 heteroatoms. The van der Waals surface area contributed by atoms with Crippen LogP contribution in [0.4, 0.5) is 4.79 Å². The van der Waals surface area contributed by atoms with Crippen LogP contribution in [0.5, 0.6) is 0 Å². The van der Waals surface area contributed by atoms with Gasteiger partial charge in [-0.05, 0) is 19.1 Å². The number of carbonyl (C=O) groups excluding carboxylic acids is 2. The molecule has 3 amide bonds. The number of hydrogen-bond donors (Lipinski definition) is 2. The molecule has 1 aliphatic rings. The number of pyridine rings is 1. The first-order valence-electron chi connectivity index (χ1n) is 4.71. The van der Waals surface area contributed by atoms with Crippen molar-refractivity contribution in [1.82, 2.24) is 15.6 Å². The molecule has 16 heavy (non-hydrogen) atoms. The van der Waals surface area contributed by atoms with Crippen LogP contribution >= 0.6 is 0 Å². The van der Waals surface area contributed by atoms with Gasteiger partial charge in [0.15, 0.2) is 6.04 Å². The summed E-state index contributed by atoms with van der Waals surface area (Å²) in [5, 5.41) is 4.51. The second kappa shape index (κ2) is 4.03. The molecule has 1 aromatic heterocycles. The summed E-state index contributed by atoms with van der Waals surface area (Å²) in [6.07, 6.45) is 1.67. The topological polar surface area (TPSA) is 71.1 Å². The number of amides is 3. The van der Waals surface area contributed by atoms with E-state index in [1.54, 1.807) is 12.3 Å². The number of aromatic nitrogens is 1. The molecule has 2 N–H and O–H groups in total. The van der Waals surface area contributed by atoms with Crippen molar-refractivity contribution in [2.75, 3.05) is 0 Å². The Labute approximate surface area is 92.3 Å². The monoisotopic (exact) mass is 215 g/mol. The van der Waals surface area contributed by atoms with E-state index in [1.165, 1.54) is 0 Å². The maximum atomic E-state index is 11.2. The third-order valence-corrected chi connectivity index (χ3v) is 2.13. The molecule has 0 aliphatic carbocycles. The summed E-state index contributed by atoms with van der Waals surface area (Å²) in [4.78, 5) is 26.1. The Bertz CT molecular complexity index is 513. The number of aryl methyl sites for hydroxylation is 1. The first-order chi connectivity index (χ1) is 7.66. The molecule has 0 spiro atoms. The van der Waals surface area contributed by atoms with Crippen LogP contribution in [0.15, 0.2) is 18.3 Å². The third-order valence-electron chi connectivity index (χ3n) is 2.13. The van der Waals surface area contributed by atoms with Crippen molar-refractivity contribution in [3.8, 4) is 11.8 Å². The number of urea groups is 1. The van der Waals surface area contributed by atoms with E-state index in [-0.39, 0.29) is 0 Å². The van der Waals surface area contributed by atoms with Crippen LogP contribution in [0.1, 0.15) is 11.3 Å². The molecular weight excluding hydrogens is 206 g/mol. The summed E-state index contributed by atoms with van der Waals surface area (Å²) in [5.74, 6) is 5.09. The lowest BCUT2D eigenvalue weighted by Crippen LogP contribution is -2.26. The van der Waals surface area contributed by atoms with E-state index in [1.807, 2.05) is 13.0 Å². The second-order valence-electron chi connectivity index (χ2n) is 3.30. The molecule has 1 aromatic rings. The van der Waals surface area contributed by atoms with Crippen LogP contribution < -0.4 is 10.6 Å². The molecule has 1 aliphatic heterocycles. The number of imide groups is 1. The van der Waals surface area contributed by atoms with Gasteiger partial charge in [-0.15, -0.1) is 0 Å². The highest BCUT2D eigenvalue weighted by atomic mass is 16.2. The van der Waals surface area contributed by atoms with E-state index in [4.69, 9.17) is 0 Å². The van der Waals surface area contributed by atoms with Crippen LogP contribution in [0.25, 0.3) is 0 Å². The predicted molar refractivity (Wildman–Crippen MR) is 56.3 cm³/mol. The van der Waals surface area contributed by atoms with Gasteiger partial charge in [-0.25, -0.2) is 4.79 Å². The Morgan fingerprint density at radius 3 is 2.88 bits per heavy atom. The summed E-state index contributed by atoms with van der Waals surface area (Å²) in [6, 6.07) is 2.30. The lowest BCUT2D eigenvalue weighted by Gasteiger charge is -1.96. The Morgan fingerprint density at radius 2 is 2.25 bits per heavy atom. The van der Waals surface area contributed by atoms with Gasteiger partial charge < -0.3 is 5.32 Å². The number of nitrogens with zero attached hydrogens (tertiary/aromatic N) is 1. The molecule has 0 aromatic carbocycles. The zero-order chi connectivity index (χ0) is 11.5. The van der Waals surface area contributed by atoms with Gasteiger partial charge in [0.1, 0.15) is 0 Å². The first kappa shape index (κ1) is 10.2. The highest BCUT2D eigenvalue weighted by Crippen LogP contribution is 2.01. The van der Waals surface area contributed by atoms with E-state index in [9.17, 15) is 9.59 Å². The van der Waals surface area contributed by atoms with Crippen molar-refractivity contribution in [2.45, 2.75) is 13.0 Å². The van der Waals surface area contributed by atoms with E-state index < -0.39 is 18.0 Å². The van der Waals surface area contributed by atoms with Crippen molar-refractivity contribution in [2.24, 2.45) is 0 Å². The minimum Gasteiger partial charge on any atom is -0.316 e. The molecule has 5 nitrogen and oxygen atoms in total. The summed E-state index contributed by atoms with van der Waals surface area (Å²) in [5.41, 5.74) is 1.54. The SMILES string of the molecule is Cc1ncccc1C#CC1NC(=O)NC1=O. The fraction of sp³-hybridized carbons (Fsp3) is 0.182. The molecule has 1 saturated heterocycles. The van der Waals surface area contributed by atoms with Gasteiger partial charge >= 0.3 is 6.03 Å². The minimum absolute atomic E-state index is 0.418. The van der Waals surface area contributed by atoms with Gasteiger partial charge in [-0.3, -0.25) is 15.1 Å². The average molecular weight is 215 g/mol. The normalized spacial score (nSPS) is 18.4. The lowest BCUT2D eigenvalue weighted by molar-refractivity contribution is -0.119. The Balaban J connectivity index is 2.20. The Morgan fingerprint density at radius 1 is 1.44 bits per heavy atom. The fourth-order valence-electron chi connectivity index (χ4n) is 1.28. The summed E-state index contributed by atoms with van der Waals surface area (Å²) < 4.78 is 0. The number of rotatable bonds is 0. The molecule has 1 unspecified atom stereocenters. The van der Waals surface area contributed by atoms with Gasteiger partial charge in [0.2, 0.25) is 0 Å². The predicted octanol–water partition coefficient (Wildman–Crippen LogP) is -0.0505. The number of carbonyl (C=O) groups is 2. The van der Waals surface area contributed by atoms with Crippen molar-refractivity contribution >= 4 is 11.9 Å². The standard InChI is InChI=1S/C11H9N3O2/c1-7-8(3-2-6-12-7)4-5-9-10(15)14-11(16)13-9/h2-3,6,9H,1H3,(H2,13,14,15,16). The van der Waals surface area contributed by atoms with Crippen LogP contribution in [-0.4, -0.2) is 23.0 Å². The maximum absolute atomic E-state index is 11.2.